The summed E-state index contributed by atoms with van der Waals surface area (Å²) in [7, 11) is -5.14. The number of hydrogen-bond donors (Lipinski definition) is 7. The molecule has 10 atom stereocenters. The number of rotatable bonds is 6. The normalized spacial score (nSPS) is 44.7. The third-order valence-electron chi connectivity index (χ3n) is 4.18. The second-order valence-electron chi connectivity index (χ2n) is 6.04. The Morgan fingerprint density at radius 2 is 1.46 bits per heavy atom. The Balaban J connectivity index is 0.00000392. The maximum Gasteiger partial charge on any atom is 1.00 e. The van der Waals surface area contributed by atoms with Gasteiger partial charge in [0.05, 0.1) is 13.2 Å². The molecule has 0 radical (unpaired) electrons. The quantitative estimate of drug-likeness (QED) is 0.114. The molecule has 28 heavy (non-hydrogen) atoms. The largest absolute Gasteiger partial charge is 1.00 e. The van der Waals surface area contributed by atoms with Crippen LogP contribution < -0.4 is 29.6 Å². The zero-order valence-corrected chi connectivity index (χ0v) is 17.4. The first-order valence-corrected chi connectivity index (χ1v) is 9.05. The van der Waals surface area contributed by atoms with Crippen molar-refractivity contribution in [2.24, 2.45) is 0 Å². The fraction of sp³-hybridized carbons (Fsp3) is 1.00. The van der Waals surface area contributed by atoms with Crippen molar-refractivity contribution < 1.29 is 96.7 Å². The minimum atomic E-state index is -5.14. The molecule has 14 nitrogen and oxygen atoms in total. The van der Waals surface area contributed by atoms with E-state index < -0.39 is 85.0 Å². The monoisotopic (exact) mass is 444 g/mol. The summed E-state index contributed by atoms with van der Waals surface area (Å²) in [4.78, 5) is 0. The molecule has 0 spiro atoms. The Kier molecular flexibility index (Phi) is 10.1. The maximum absolute atomic E-state index is 10.5. The van der Waals surface area contributed by atoms with E-state index >= 15 is 0 Å². The van der Waals surface area contributed by atoms with E-state index in [9.17, 15) is 48.7 Å². The molecule has 7 N–H and O–H groups in total. The van der Waals surface area contributed by atoms with Crippen LogP contribution in [0.3, 0.4) is 0 Å². The summed E-state index contributed by atoms with van der Waals surface area (Å²) in [6.45, 7) is -1.79. The summed E-state index contributed by atoms with van der Waals surface area (Å²) in [6.07, 6.45) is -17.5. The second-order valence-corrected chi connectivity index (χ2v) is 7.09. The number of aliphatic hydroxyl groups excluding tert-OH is 7. The van der Waals surface area contributed by atoms with Gasteiger partial charge in [0.1, 0.15) is 48.8 Å². The van der Waals surface area contributed by atoms with E-state index in [0.29, 0.717) is 0 Å². The molecule has 2 saturated heterocycles. The summed E-state index contributed by atoms with van der Waals surface area (Å²) in [5.41, 5.74) is 0. The van der Waals surface area contributed by atoms with Crippen molar-refractivity contribution >= 4 is 10.4 Å². The molecular weight excluding hydrogens is 423 g/mol. The van der Waals surface area contributed by atoms with Crippen LogP contribution in [0.1, 0.15) is 0 Å². The minimum Gasteiger partial charge on any atom is -0.726 e. The molecule has 0 aliphatic carbocycles. The molecule has 2 rings (SSSR count). The van der Waals surface area contributed by atoms with Crippen molar-refractivity contribution in [2.45, 2.75) is 61.4 Å². The van der Waals surface area contributed by atoms with E-state index in [0.717, 1.165) is 0 Å². The summed E-state index contributed by atoms with van der Waals surface area (Å²) < 4.78 is 50.7. The van der Waals surface area contributed by atoms with Crippen LogP contribution in [0.5, 0.6) is 0 Å². The van der Waals surface area contributed by atoms with Gasteiger partial charge in [0.2, 0.25) is 10.4 Å². The Morgan fingerprint density at radius 3 is 2.00 bits per heavy atom. The van der Waals surface area contributed by atoms with Crippen LogP contribution in [0, 0.1) is 0 Å². The van der Waals surface area contributed by atoms with Gasteiger partial charge in [-0.15, -0.1) is 0 Å². The molecule has 2 aliphatic heterocycles. The predicted octanol–water partition coefficient (Wildman–Crippen LogP) is -8.91. The van der Waals surface area contributed by atoms with Crippen molar-refractivity contribution in [3.05, 3.63) is 0 Å². The predicted molar refractivity (Wildman–Crippen MR) is 77.2 cm³/mol. The molecule has 0 aromatic carbocycles. The van der Waals surface area contributed by atoms with Crippen molar-refractivity contribution in [1.82, 2.24) is 0 Å². The number of aliphatic hydroxyl groups is 7. The molecular formula is C12H21NaO14S. The first kappa shape index (κ1) is 26.5. The van der Waals surface area contributed by atoms with Crippen LogP contribution in [-0.4, -0.2) is 123 Å². The number of hydrogen-bond acceptors (Lipinski definition) is 14. The molecule has 2 heterocycles. The van der Waals surface area contributed by atoms with Crippen LogP contribution in [0.15, 0.2) is 0 Å². The molecule has 0 bridgehead atoms. The summed E-state index contributed by atoms with van der Waals surface area (Å²) in [5.74, 6) is 0. The van der Waals surface area contributed by atoms with Crippen molar-refractivity contribution in [3.63, 3.8) is 0 Å². The second kappa shape index (κ2) is 10.7. The Morgan fingerprint density at radius 1 is 0.857 bits per heavy atom. The van der Waals surface area contributed by atoms with Crippen LogP contribution in [0.4, 0.5) is 0 Å². The van der Waals surface area contributed by atoms with E-state index in [-0.39, 0.29) is 29.6 Å². The van der Waals surface area contributed by atoms with E-state index in [2.05, 4.69) is 4.18 Å². The van der Waals surface area contributed by atoms with Crippen LogP contribution in [-0.2, 0) is 28.8 Å². The molecule has 160 valence electrons. The topological polar surface area (TPSA) is 236 Å². The van der Waals surface area contributed by atoms with Gasteiger partial charge in [-0.2, -0.15) is 0 Å². The first-order valence-electron chi connectivity index (χ1n) is 7.72. The fourth-order valence-corrected chi connectivity index (χ4v) is 3.01. The van der Waals surface area contributed by atoms with Gasteiger partial charge in [0.15, 0.2) is 12.6 Å². The van der Waals surface area contributed by atoms with Crippen LogP contribution >= 0.6 is 0 Å². The van der Waals surface area contributed by atoms with E-state index in [1.165, 1.54) is 0 Å². The van der Waals surface area contributed by atoms with Crippen molar-refractivity contribution in [1.29, 1.82) is 0 Å². The Bertz CT molecular complexity index is 589. The third-order valence-corrected chi connectivity index (χ3v) is 4.60. The Labute approximate surface area is 181 Å². The Hall–Kier alpha value is 0.470. The van der Waals surface area contributed by atoms with Crippen molar-refractivity contribution in [2.75, 3.05) is 13.2 Å². The molecule has 0 saturated carbocycles. The van der Waals surface area contributed by atoms with Crippen LogP contribution in [0.2, 0.25) is 0 Å². The molecule has 0 aromatic heterocycles. The maximum atomic E-state index is 10.5. The SMILES string of the molecule is O=S(=O)([O-])OC[C@H]1O[C@@H](O[C@H]2[C@H](O)[C@@H](O)[C@H](O)O[C@@H]2CO)[C@H](O)[C@@H](O)[C@H]1O.[Na+]. The van der Waals surface area contributed by atoms with Gasteiger partial charge in [-0.1, -0.05) is 0 Å². The average Bonchev–Trinajstić information content (AvgIpc) is 2.60. The third kappa shape index (κ3) is 6.24. The summed E-state index contributed by atoms with van der Waals surface area (Å²) in [5, 5.41) is 68.0. The fourth-order valence-electron chi connectivity index (χ4n) is 2.71. The smallest absolute Gasteiger partial charge is 0.726 e. The van der Waals surface area contributed by atoms with Gasteiger partial charge in [0, 0.05) is 0 Å². The van der Waals surface area contributed by atoms with Crippen LogP contribution in [0.25, 0.3) is 0 Å². The van der Waals surface area contributed by atoms with Crippen molar-refractivity contribution in [3.8, 4) is 0 Å². The molecule has 0 unspecified atom stereocenters. The van der Waals surface area contributed by atoms with E-state index in [4.69, 9.17) is 14.2 Å². The zero-order chi connectivity index (χ0) is 20.5. The standard InChI is InChI=1S/C12H22O14S.Na/c13-1-3-10(7(16)8(17)11(19)24-3)26-12-9(18)6(15)5(14)4(25-12)2-23-27(20,21)22;/h3-19H,1-2H2,(H,20,21,22);/q;+1/p-1/t3-,4-,5+,6+,7-,8-,9-,10-,11-,12+;/m1./s1. The molecule has 0 amide bonds. The van der Waals surface area contributed by atoms with Gasteiger partial charge < -0.3 is 54.5 Å². The molecule has 2 aliphatic rings. The summed E-state index contributed by atoms with van der Waals surface area (Å²) >= 11 is 0. The van der Waals surface area contributed by atoms with Gasteiger partial charge in [-0.05, 0) is 0 Å². The summed E-state index contributed by atoms with van der Waals surface area (Å²) in [6, 6.07) is 0. The van der Waals surface area contributed by atoms with Gasteiger partial charge >= 0.3 is 29.6 Å². The zero-order valence-electron chi connectivity index (χ0n) is 14.6. The van der Waals surface area contributed by atoms with E-state index in [1.54, 1.807) is 0 Å². The van der Waals surface area contributed by atoms with E-state index in [1.807, 2.05) is 0 Å². The van der Waals surface area contributed by atoms with Gasteiger partial charge in [-0.3, -0.25) is 4.18 Å². The molecule has 16 heteroatoms. The molecule has 0 aromatic rings. The first-order chi connectivity index (χ1) is 12.5. The van der Waals surface area contributed by atoms with Gasteiger partial charge in [0.25, 0.3) is 0 Å². The number of ether oxygens (including phenoxy) is 3. The minimum absolute atomic E-state index is 0. The average molecular weight is 444 g/mol. The van der Waals surface area contributed by atoms with Gasteiger partial charge in [-0.25, -0.2) is 8.42 Å². The molecule has 2 fully saturated rings.